The minimum atomic E-state index is -0.581. The van der Waals surface area contributed by atoms with Crippen LogP contribution >= 0.6 is 11.8 Å². The minimum Gasteiger partial charge on any atom is -0.458 e. The van der Waals surface area contributed by atoms with E-state index in [4.69, 9.17) is 4.42 Å². The summed E-state index contributed by atoms with van der Waals surface area (Å²) in [6.45, 7) is 0. The molecule has 2 heterocycles. The van der Waals surface area contributed by atoms with Crippen LogP contribution in [0.4, 0.5) is 17.1 Å². The Morgan fingerprint density at radius 3 is 1.50 bits per heavy atom. The Hall–Kier alpha value is -7.33. The van der Waals surface area contributed by atoms with E-state index in [0.29, 0.717) is 0 Å². The largest absolute Gasteiger partial charge is 0.458 e. The molecule has 0 radical (unpaired) electrons. The Morgan fingerprint density at radius 2 is 0.867 bits per heavy atom. The molecular formula is C57H37NOS. The van der Waals surface area contributed by atoms with Gasteiger partial charge in [0.15, 0.2) is 0 Å². The molecule has 3 heteroatoms. The molecule has 1 spiro atoms. The fourth-order valence-electron chi connectivity index (χ4n) is 9.66. The summed E-state index contributed by atoms with van der Waals surface area (Å²) in [6, 6.07) is 81.4. The number of nitrogens with zero attached hydrogens (tertiary/aromatic N) is 1. The van der Waals surface area contributed by atoms with Gasteiger partial charge in [0.25, 0.3) is 0 Å². The van der Waals surface area contributed by atoms with Crippen molar-refractivity contribution in [3.05, 3.63) is 247 Å². The molecule has 2 nitrogen and oxygen atoms in total. The van der Waals surface area contributed by atoms with Crippen molar-refractivity contribution in [1.29, 1.82) is 0 Å². The number of hydrogen-bond donors (Lipinski definition) is 0. The fraction of sp³-hybridized carbons (Fsp3) is 0.0175. The summed E-state index contributed by atoms with van der Waals surface area (Å²) in [5, 5.41) is 1.11. The van der Waals surface area contributed by atoms with Crippen LogP contribution in [0.25, 0.3) is 55.5 Å². The third-order valence-corrected chi connectivity index (χ3v) is 13.5. The van der Waals surface area contributed by atoms with Crippen molar-refractivity contribution in [3.8, 4) is 44.5 Å². The quantitative estimate of drug-likeness (QED) is 0.167. The zero-order chi connectivity index (χ0) is 39.6. The molecule has 0 bridgehead atoms. The van der Waals surface area contributed by atoms with Gasteiger partial charge in [-0.05, 0) is 116 Å². The van der Waals surface area contributed by atoms with E-state index in [2.05, 4.69) is 229 Å². The van der Waals surface area contributed by atoms with Gasteiger partial charge in [-0.15, -0.1) is 0 Å². The van der Waals surface area contributed by atoms with Crippen molar-refractivity contribution >= 4 is 39.8 Å². The zero-order valence-electron chi connectivity index (χ0n) is 32.6. The Bertz CT molecular complexity index is 3140. The van der Waals surface area contributed by atoms with Crippen molar-refractivity contribution < 1.29 is 4.42 Å². The topological polar surface area (TPSA) is 16.4 Å². The standard InChI is InChI=1S/C57H37NOS/c1-4-17-38(18-5-1)41-23-16-24-44(34-41)58(46-35-42(39-19-6-2-7-20-39)33-43(36-46)40-21-8-3-9-22-40)45-31-32-53-49(37-45)55-56(59-53)57(52-29-14-15-30-54(52)60-55)50-27-12-10-25-47(50)48-26-11-13-28-51(48)57/h1-37H. The maximum Gasteiger partial charge on any atom is 0.138 e. The summed E-state index contributed by atoms with van der Waals surface area (Å²) in [5.41, 5.74) is 16.8. The highest BCUT2D eigenvalue weighted by molar-refractivity contribution is 7.99. The van der Waals surface area contributed by atoms with Crippen LogP contribution in [0.15, 0.2) is 239 Å². The van der Waals surface area contributed by atoms with Crippen molar-refractivity contribution in [3.63, 3.8) is 0 Å². The SMILES string of the molecule is c1ccc(-c2cccc(N(c3cc(-c4ccccc4)cc(-c4ccccc4)c3)c3ccc4oc5c(c4c3)Sc3ccccc3C53c4ccccc4-c4ccccc43)c2)cc1. The van der Waals surface area contributed by atoms with Crippen molar-refractivity contribution in [1.82, 2.24) is 0 Å². The van der Waals surface area contributed by atoms with E-state index in [0.717, 1.165) is 55.4 Å². The summed E-state index contributed by atoms with van der Waals surface area (Å²) in [6.07, 6.45) is 0. The van der Waals surface area contributed by atoms with Gasteiger partial charge >= 0.3 is 0 Å². The molecule has 1 aromatic heterocycles. The second kappa shape index (κ2) is 13.9. The van der Waals surface area contributed by atoms with Gasteiger partial charge in [0.1, 0.15) is 16.8 Å². The van der Waals surface area contributed by atoms with Crippen LogP contribution in [0.1, 0.15) is 22.5 Å². The van der Waals surface area contributed by atoms with Crippen molar-refractivity contribution in [2.24, 2.45) is 0 Å². The van der Waals surface area contributed by atoms with Crippen LogP contribution in [0.3, 0.4) is 0 Å². The lowest BCUT2D eigenvalue weighted by atomic mass is 9.70. The molecule has 10 aromatic rings. The van der Waals surface area contributed by atoms with E-state index in [1.54, 1.807) is 0 Å². The Balaban J connectivity index is 1.11. The molecule has 9 aromatic carbocycles. The van der Waals surface area contributed by atoms with Crippen molar-refractivity contribution in [2.75, 3.05) is 4.90 Å². The van der Waals surface area contributed by atoms with E-state index in [9.17, 15) is 0 Å². The lowest BCUT2D eigenvalue weighted by Gasteiger charge is -2.36. The number of anilines is 3. The molecule has 0 unspecified atom stereocenters. The highest BCUT2D eigenvalue weighted by Crippen LogP contribution is 2.64. The first-order valence-corrected chi connectivity index (χ1v) is 21.3. The first-order valence-electron chi connectivity index (χ1n) is 20.5. The van der Waals surface area contributed by atoms with Crippen LogP contribution in [0, 0.1) is 0 Å². The molecule has 60 heavy (non-hydrogen) atoms. The molecule has 0 atom stereocenters. The van der Waals surface area contributed by atoms with E-state index in [-0.39, 0.29) is 0 Å². The van der Waals surface area contributed by atoms with Gasteiger partial charge in [-0.3, -0.25) is 0 Å². The second-order valence-electron chi connectivity index (χ2n) is 15.6. The maximum absolute atomic E-state index is 7.24. The highest BCUT2D eigenvalue weighted by atomic mass is 32.2. The molecule has 0 fully saturated rings. The van der Waals surface area contributed by atoms with Crippen LogP contribution < -0.4 is 4.90 Å². The van der Waals surface area contributed by atoms with E-state index in [1.165, 1.54) is 49.4 Å². The normalized spacial score (nSPS) is 13.1. The van der Waals surface area contributed by atoms with Crippen LogP contribution in [-0.2, 0) is 5.41 Å². The molecule has 12 rings (SSSR count). The molecule has 0 saturated heterocycles. The molecule has 0 N–H and O–H groups in total. The summed E-state index contributed by atoms with van der Waals surface area (Å²) in [5.74, 6) is 0.991. The third-order valence-electron chi connectivity index (χ3n) is 12.3. The molecule has 282 valence electrons. The van der Waals surface area contributed by atoms with Gasteiger partial charge in [0.2, 0.25) is 0 Å². The molecule has 0 saturated carbocycles. The fourth-order valence-corrected chi connectivity index (χ4v) is 10.9. The average molecular weight is 784 g/mol. The van der Waals surface area contributed by atoms with E-state index < -0.39 is 5.41 Å². The molecular weight excluding hydrogens is 747 g/mol. The predicted octanol–water partition coefficient (Wildman–Crippen LogP) is 15.7. The van der Waals surface area contributed by atoms with Crippen LogP contribution in [0.2, 0.25) is 0 Å². The molecule has 1 aliphatic heterocycles. The highest BCUT2D eigenvalue weighted by Gasteiger charge is 2.53. The number of fused-ring (bicyclic) bond motifs is 11. The Morgan fingerprint density at radius 1 is 0.367 bits per heavy atom. The summed E-state index contributed by atoms with van der Waals surface area (Å²) in [7, 11) is 0. The van der Waals surface area contributed by atoms with Crippen molar-refractivity contribution in [2.45, 2.75) is 15.2 Å². The van der Waals surface area contributed by atoms with E-state index >= 15 is 0 Å². The first kappa shape index (κ1) is 34.7. The smallest absolute Gasteiger partial charge is 0.138 e. The lowest BCUT2D eigenvalue weighted by molar-refractivity contribution is 0.478. The number of hydrogen-bond acceptors (Lipinski definition) is 3. The summed E-state index contributed by atoms with van der Waals surface area (Å²) in [4.78, 5) is 4.83. The van der Waals surface area contributed by atoms with Gasteiger partial charge in [0.05, 0.1) is 4.90 Å². The number of rotatable bonds is 6. The number of furan rings is 1. The maximum atomic E-state index is 7.24. The van der Waals surface area contributed by atoms with Gasteiger partial charge < -0.3 is 9.32 Å². The molecule has 0 amide bonds. The van der Waals surface area contributed by atoms with Gasteiger partial charge in [-0.25, -0.2) is 0 Å². The summed E-state index contributed by atoms with van der Waals surface area (Å²) >= 11 is 1.83. The first-order chi connectivity index (χ1) is 29.7. The average Bonchev–Trinajstić information content (AvgIpc) is 3.84. The predicted molar refractivity (Wildman–Crippen MR) is 249 cm³/mol. The zero-order valence-corrected chi connectivity index (χ0v) is 33.4. The van der Waals surface area contributed by atoms with Gasteiger partial charge in [0, 0.05) is 27.3 Å². The summed E-state index contributed by atoms with van der Waals surface area (Å²) < 4.78 is 7.24. The molecule has 2 aliphatic rings. The minimum absolute atomic E-state index is 0.581. The van der Waals surface area contributed by atoms with Gasteiger partial charge in [-0.1, -0.05) is 182 Å². The van der Waals surface area contributed by atoms with Gasteiger partial charge in [-0.2, -0.15) is 0 Å². The van der Waals surface area contributed by atoms with Crippen LogP contribution in [-0.4, -0.2) is 0 Å². The monoisotopic (exact) mass is 783 g/mol. The molecule has 1 aliphatic carbocycles. The van der Waals surface area contributed by atoms with Crippen LogP contribution in [0.5, 0.6) is 0 Å². The van der Waals surface area contributed by atoms with E-state index in [1.807, 2.05) is 11.8 Å². The third kappa shape index (κ3) is 5.36. The number of benzene rings is 9. The Labute approximate surface area is 354 Å². The second-order valence-corrected chi connectivity index (χ2v) is 16.7. The Kier molecular flexibility index (Phi) is 8.04. The lowest BCUT2D eigenvalue weighted by Crippen LogP contribution is -2.31.